The predicted molar refractivity (Wildman–Crippen MR) is 178 cm³/mol. The Bertz CT molecular complexity index is 1710. The smallest absolute Gasteiger partial charge is 0.251 e. The van der Waals surface area contributed by atoms with E-state index in [1.54, 1.807) is 13.8 Å². The molecule has 1 amide bonds. The van der Waals surface area contributed by atoms with Crippen LogP contribution in [-0.2, 0) is 16.4 Å². The van der Waals surface area contributed by atoms with E-state index >= 15 is 0 Å². The number of hydrogen-bond donors (Lipinski definition) is 5. The number of carbonyl (C=O) groups excluding carboxylic acids is 1. The Hall–Kier alpha value is -3.85. The Morgan fingerprint density at radius 3 is 2.48 bits per heavy atom. The second-order valence-electron chi connectivity index (χ2n) is 12.9. The lowest BCUT2D eigenvalue weighted by Gasteiger charge is -2.27. The molecule has 11 nitrogen and oxygen atoms in total. The van der Waals surface area contributed by atoms with E-state index < -0.39 is 57.1 Å². The highest BCUT2D eigenvalue weighted by molar-refractivity contribution is 7.93. The summed E-state index contributed by atoms with van der Waals surface area (Å²) < 4.78 is 60.4. The average Bonchev–Trinajstić information content (AvgIpc) is 3.65. The van der Waals surface area contributed by atoms with Gasteiger partial charge in [-0.05, 0) is 55.4 Å². The number of sulfonamides is 1. The van der Waals surface area contributed by atoms with Crippen molar-refractivity contribution in [2.24, 2.45) is 11.8 Å². The highest BCUT2D eigenvalue weighted by Crippen LogP contribution is 2.37. The van der Waals surface area contributed by atoms with Gasteiger partial charge in [0, 0.05) is 50.3 Å². The zero-order valence-electron chi connectivity index (χ0n) is 27.4. The molecule has 3 aromatic rings. The number of nitrogens with one attached hydrogen (secondary N) is 3. The summed E-state index contributed by atoms with van der Waals surface area (Å²) in [5, 5.41) is 30.4. The number of fused-ring (bicyclic) bond motifs is 1. The summed E-state index contributed by atoms with van der Waals surface area (Å²) in [4.78, 5) is 18.3. The first-order valence-electron chi connectivity index (χ1n) is 16.0. The van der Waals surface area contributed by atoms with Crippen LogP contribution in [-0.4, -0.2) is 79.8 Å². The van der Waals surface area contributed by atoms with Crippen molar-refractivity contribution in [3.8, 4) is 5.75 Å². The molecule has 1 aromatic heterocycles. The number of benzene rings is 2. The molecule has 1 heterocycles. The summed E-state index contributed by atoms with van der Waals surface area (Å²) in [7, 11) is -2.41. The second kappa shape index (κ2) is 14.7. The molecule has 2 aliphatic carbocycles. The number of amides is 1. The molecule has 0 aliphatic heterocycles. The largest absolute Gasteiger partial charge is 0.491 e. The monoisotopic (exact) mass is 687 g/mol. The summed E-state index contributed by atoms with van der Waals surface area (Å²) in [6.07, 6.45) is -0.521. The number of hydrogen-bond acceptors (Lipinski definition) is 9. The van der Waals surface area contributed by atoms with E-state index in [1.807, 2.05) is 24.3 Å². The molecule has 0 bridgehead atoms. The van der Waals surface area contributed by atoms with E-state index in [0.29, 0.717) is 36.7 Å². The van der Waals surface area contributed by atoms with Crippen LogP contribution in [0.1, 0.15) is 54.7 Å². The summed E-state index contributed by atoms with van der Waals surface area (Å²) in [5.74, 6) is -1.19. The topological polar surface area (TPSA) is 153 Å². The van der Waals surface area contributed by atoms with Crippen LogP contribution in [0.15, 0.2) is 54.6 Å². The SMILES string of the molecule is CC1CC1CNc1cc(C(=O)NC(COc2cc(F)cc(F)c2)C(O)CNC2c3ccccc3CC2O)cc(N(C)S(=O)(=O)C(C)C)n1. The van der Waals surface area contributed by atoms with Crippen LogP contribution >= 0.6 is 0 Å². The van der Waals surface area contributed by atoms with Crippen molar-refractivity contribution in [2.75, 3.05) is 36.4 Å². The van der Waals surface area contributed by atoms with Crippen LogP contribution in [0.4, 0.5) is 20.4 Å². The number of anilines is 2. The van der Waals surface area contributed by atoms with Crippen LogP contribution < -0.4 is 25.0 Å². The number of nitrogens with zero attached hydrogens (tertiary/aromatic N) is 2. The minimum absolute atomic E-state index is 0.0295. The van der Waals surface area contributed by atoms with E-state index in [1.165, 1.54) is 19.2 Å². The van der Waals surface area contributed by atoms with Gasteiger partial charge in [-0.3, -0.25) is 9.10 Å². The van der Waals surface area contributed by atoms with Crippen molar-refractivity contribution in [2.45, 2.75) is 63.2 Å². The van der Waals surface area contributed by atoms with Gasteiger partial charge in [0.05, 0.1) is 29.5 Å². The van der Waals surface area contributed by atoms with Gasteiger partial charge in [0.1, 0.15) is 35.6 Å². The van der Waals surface area contributed by atoms with E-state index in [0.717, 1.165) is 34.0 Å². The van der Waals surface area contributed by atoms with Crippen LogP contribution in [0, 0.1) is 23.5 Å². The number of ether oxygens (including phenoxy) is 1. The maximum absolute atomic E-state index is 13.9. The zero-order valence-corrected chi connectivity index (χ0v) is 28.2. The summed E-state index contributed by atoms with van der Waals surface area (Å²) in [6, 6.07) is 11.5. The van der Waals surface area contributed by atoms with Gasteiger partial charge in [-0.25, -0.2) is 22.2 Å². The third-order valence-electron chi connectivity index (χ3n) is 8.99. The third kappa shape index (κ3) is 8.41. The lowest BCUT2D eigenvalue weighted by atomic mass is 10.1. The molecule has 1 fully saturated rings. The number of rotatable bonds is 15. The molecule has 6 unspecified atom stereocenters. The average molecular weight is 688 g/mol. The van der Waals surface area contributed by atoms with Gasteiger partial charge in [-0.15, -0.1) is 0 Å². The Morgan fingerprint density at radius 1 is 1.12 bits per heavy atom. The van der Waals surface area contributed by atoms with Gasteiger partial charge in [0.2, 0.25) is 10.0 Å². The van der Waals surface area contributed by atoms with E-state index in [4.69, 9.17) is 4.74 Å². The first-order chi connectivity index (χ1) is 22.7. The van der Waals surface area contributed by atoms with Crippen molar-refractivity contribution in [3.05, 3.63) is 82.9 Å². The van der Waals surface area contributed by atoms with Gasteiger partial charge < -0.3 is 30.9 Å². The van der Waals surface area contributed by atoms with Gasteiger partial charge in [0.15, 0.2) is 0 Å². The molecule has 260 valence electrons. The fourth-order valence-corrected chi connectivity index (χ4v) is 6.76. The zero-order chi connectivity index (χ0) is 34.7. The number of pyridine rings is 1. The van der Waals surface area contributed by atoms with Crippen molar-refractivity contribution >= 4 is 27.6 Å². The Balaban J connectivity index is 1.38. The van der Waals surface area contributed by atoms with Crippen LogP contribution in [0.2, 0.25) is 0 Å². The van der Waals surface area contributed by atoms with Crippen molar-refractivity contribution in [3.63, 3.8) is 0 Å². The fraction of sp³-hybridized carbons (Fsp3) is 0.471. The van der Waals surface area contributed by atoms with Crippen LogP contribution in [0.25, 0.3) is 0 Å². The van der Waals surface area contributed by atoms with Crippen molar-refractivity contribution in [1.29, 1.82) is 0 Å². The Morgan fingerprint density at radius 2 is 1.81 bits per heavy atom. The van der Waals surface area contributed by atoms with Gasteiger partial charge in [0.25, 0.3) is 5.91 Å². The molecule has 0 saturated heterocycles. The minimum Gasteiger partial charge on any atom is -0.491 e. The molecule has 2 aliphatic rings. The van der Waals surface area contributed by atoms with Gasteiger partial charge >= 0.3 is 0 Å². The maximum Gasteiger partial charge on any atom is 0.251 e. The number of aliphatic hydroxyl groups excluding tert-OH is 2. The lowest BCUT2D eigenvalue weighted by molar-refractivity contribution is 0.0679. The van der Waals surface area contributed by atoms with E-state index in [2.05, 4.69) is 27.9 Å². The molecule has 1 saturated carbocycles. The maximum atomic E-state index is 13.9. The Kier molecular flexibility index (Phi) is 10.9. The van der Waals surface area contributed by atoms with Crippen LogP contribution in [0.5, 0.6) is 5.75 Å². The molecule has 5 N–H and O–H groups in total. The molecule has 6 atom stereocenters. The normalized spacial score (nSPS) is 21.4. The molecular weight excluding hydrogens is 644 g/mol. The van der Waals surface area contributed by atoms with E-state index in [-0.39, 0.29) is 30.3 Å². The first kappa shape index (κ1) is 35.5. The molecular formula is C34H43F2N5O6S. The molecule has 2 aromatic carbocycles. The summed E-state index contributed by atoms with van der Waals surface area (Å²) in [5.41, 5.74) is 1.95. The van der Waals surface area contributed by atoms with Crippen molar-refractivity contribution in [1.82, 2.24) is 15.6 Å². The van der Waals surface area contributed by atoms with Crippen molar-refractivity contribution < 1.29 is 36.9 Å². The number of carbonyl (C=O) groups is 1. The molecule has 14 heteroatoms. The highest BCUT2D eigenvalue weighted by Gasteiger charge is 2.34. The summed E-state index contributed by atoms with van der Waals surface area (Å²) >= 11 is 0. The summed E-state index contributed by atoms with van der Waals surface area (Å²) in [6.45, 7) is 5.37. The molecule has 48 heavy (non-hydrogen) atoms. The molecule has 0 spiro atoms. The number of aromatic nitrogens is 1. The highest BCUT2D eigenvalue weighted by atomic mass is 32.2. The Labute approximate surface area is 279 Å². The van der Waals surface area contributed by atoms with Gasteiger partial charge in [-0.1, -0.05) is 31.2 Å². The first-order valence-corrected chi connectivity index (χ1v) is 17.5. The predicted octanol–water partition coefficient (Wildman–Crippen LogP) is 3.39. The number of aliphatic hydroxyl groups is 2. The standard InChI is InChI=1S/C34H43F2N5O6S/c1-19(2)48(45,46)41(4)32-12-22(11-31(40-32)37-16-23-9-20(23)3)34(44)39-28(18-47-26-14-24(35)13-25(36)15-26)30(43)17-38-33-27-8-6-5-7-21(27)10-29(33)42/h5-8,11-15,19-20,23,28-30,33,38,42-43H,9-10,16-18H2,1-4H3,(H,37,40)(H,39,44). The minimum atomic E-state index is -3.78. The second-order valence-corrected chi connectivity index (χ2v) is 15.5. The van der Waals surface area contributed by atoms with E-state index in [9.17, 15) is 32.2 Å². The molecule has 0 radical (unpaired) electrons. The lowest BCUT2D eigenvalue weighted by Crippen LogP contribution is -2.51. The quantitative estimate of drug-likeness (QED) is 0.162. The van der Waals surface area contributed by atoms with Crippen LogP contribution in [0.3, 0.4) is 0 Å². The van der Waals surface area contributed by atoms with Gasteiger partial charge in [-0.2, -0.15) is 0 Å². The molecule has 5 rings (SSSR count). The fourth-order valence-electron chi connectivity index (χ4n) is 5.77. The number of halogens is 2. The third-order valence-corrected chi connectivity index (χ3v) is 11.1.